The van der Waals surface area contributed by atoms with Gasteiger partial charge in [-0.1, -0.05) is 6.92 Å². The van der Waals surface area contributed by atoms with Gasteiger partial charge in [-0.05, 0) is 24.1 Å². The molecule has 0 fully saturated rings. The Labute approximate surface area is 110 Å². The number of aromatic nitrogens is 4. The monoisotopic (exact) mass is 260 g/mol. The predicted molar refractivity (Wildman–Crippen MR) is 70.4 cm³/mol. The number of nitrogens with one attached hydrogen (secondary N) is 1. The van der Waals surface area contributed by atoms with E-state index in [1.807, 2.05) is 16.9 Å². The van der Waals surface area contributed by atoms with Gasteiger partial charge >= 0.3 is 0 Å². The van der Waals surface area contributed by atoms with Gasteiger partial charge < -0.3 is 11.1 Å². The topological polar surface area (TPSA) is 98.7 Å². The molecule has 0 unspecified atom stereocenters. The zero-order valence-electron chi connectivity index (χ0n) is 10.7. The minimum atomic E-state index is -0.578. The first-order chi connectivity index (χ1) is 9.15. The van der Waals surface area contributed by atoms with Crippen molar-refractivity contribution < 1.29 is 4.79 Å². The fraction of sp³-hybridized carbons (Fsp3) is 0.333. The van der Waals surface area contributed by atoms with Crippen molar-refractivity contribution in [1.82, 2.24) is 20.0 Å². The van der Waals surface area contributed by atoms with Gasteiger partial charge in [0, 0.05) is 25.5 Å². The number of amides is 1. The van der Waals surface area contributed by atoms with Gasteiger partial charge in [-0.2, -0.15) is 5.10 Å². The minimum Gasteiger partial charge on any atom is -0.368 e. The van der Waals surface area contributed by atoms with Gasteiger partial charge in [0.05, 0.1) is 0 Å². The molecule has 3 N–H and O–H groups in total. The molecule has 2 rings (SSSR count). The molecule has 1 amide bonds. The number of carbonyl (C=O) groups is 1. The van der Waals surface area contributed by atoms with Crippen LogP contribution in [-0.4, -0.2) is 32.4 Å². The highest BCUT2D eigenvalue weighted by atomic mass is 16.1. The highest BCUT2D eigenvalue weighted by Crippen LogP contribution is 2.05. The maximum absolute atomic E-state index is 10.8. The van der Waals surface area contributed by atoms with E-state index < -0.39 is 5.91 Å². The van der Waals surface area contributed by atoms with Crippen molar-refractivity contribution in [2.45, 2.75) is 13.5 Å². The van der Waals surface area contributed by atoms with Crippen LogP contribution in [0.2, 0.25) is 0 Å². The second-order valence-corrected chi connectivity index (χ2v) is 4.38. The number of anilines is 1. The molecule has 7 nitrogen and oxygen atoms in total. The summed E-state index contributed by atoms with van der Waals surface area (Å²) in [7, 11) is 0. The van der Waals surface area contributed by atoms with E-state index in [1.165, 1.54) is 0 Å². The molecular formula is C12H16N6O. The minimum absolute atomic E-state index is 0.162. The van der Waals surface area contributed by atoms with E-state index in [9.17, 15) is 4.79 Å². The highest BCUT2D eigenvalue weighted by Gasteiger charge is 2.06. The fourth-order valence-corrected chi connectivity index (χ4v) is 1.63. The van der Waals surface area contributed by atoms with Crippen LogP contribution in [0.15, 0.2) is 30.6 Å². The lowest BCUT2D eigenvalue weighted by atomic mass is 10.2. The Balaban J connectivity index is 1.83. The van der Waals surface area contributed by atoms with Crippen LogP contribution in [0.3, 0.4) is 0 Å². The Kier molecular flexibility index (Phi) is 4.07. The van der Waals surface area contributed by atoms with Crippen LogP contribution in [-0.2, 0) is 6.54 Å². The number of hydrogen-bond donors (Lipinski definition) is 2. The molecule has 0 aliphatic rings. The highest BCUT2D eigenvalue weighted by molar-refractivity contribution is 5.90. The van der Waals surface area contributed by atoms with E-state index >= 15 is 0 Å². The maximum atomic E-state index is 10.8. The van der Waals surface area contributed by atoms with Crippen LogP contribution < -0.4 is 11.1 Å². The molecule has 0 radical (unpaired) electrons. The van der Waals surface area contributed by atoms with Crippen molar-refractivity contribution in [1.29, 1.82) is 0 Å². The fourth-order valence-electron chi connectivity index (χ4n) is 1.63. The number of nitrogens with two attached hydrogens (primary N) is 1. The molecule has 0 aliphatic carbocycles. The van der Waals surface area contributed by atoms with Crippen molar-refractivity contribution in [3.63, 3.8) is 0 Å². The first-order valence-corrected chi connectivity index (χ1v) is 6.00. The van der Waals surface area contributed by atoms with Crippen molar-refractivity contribution >= 4 is 11.7 Å². The molecule has 0 saturated heterocycles. The van der Waals surface area contributed by atoms with Crippen LogP contribution in [0.5, 0.6) is 0 Å². The lowest BCUT2D eigenvalue weighted by Crippen LogP contribution is -2.19. The van der Waals surface area contributed by atoms with Crippen LogP contribution in [0.25, 0.3) is 0 Å². The van der Waals surface area contributed by atoms with Crippen LogP contribution in [0.4, 0.5) is 5.82 Å². The molecular weight excluding hydrogens is 244 g/mol. The summed E-state index contributed by atoms with van der Waals surface area (Å²) in [5.74, 6) is 0.431. The molecule has 0 bridgehead atoms. The number of primary amides is 1. The third-order valence-corrected chi connectivity index (χ3v) is 2.61. The summed E-state index contributed by atoms with van der Waals surface area (Å²) in [6.45, 7) is 3.68. The molecule has 19 heavy (non-hydrogen) atoms. The van der Waals surface area contributed by atoms with Crippen molar-refractivity contribution in [3.05, 3.63) is 36.3 Å². The van der Waals surface area contributed by atoms with Crippen LogP contribution >= 0.6 is 0 Å². The molecule has 7 heteroatoms. The average Bonchev–Trinajstić information content (AvgIpc) is 2.89. The van der Waals surface area contributed by atoms with E-state index in [1.54, 1.807) is 18.3 Å². The SMILES string of the molecule is C[C@H](CNc1ccc(C(N)=O)nn1)Cn1cccn1. The molecule has 0 aliphatic heterocycles. The summed E-state index contributed by atoms with van der Waals surface area (Å²) in [6.07, 6.45) is 3.69. The van der Waals surface area contributed by atoms with E-state index in [0.717, 1.165) is 13.1 Å². The smallest absolute Gasteiger partial charge is 0.269 e. The molecule has 2 aromatic rings. The van der Waals surface area contributed by atoms with Gasteiger partial charge in [-0.15, -0.1) is 10.2 Å². The number of hydrogen-bond acceptors (Lipinski definition) is 5. The zero-order valence-corrected chi connectivity index (χ0v) is 10.7. The van der Waals surface area contributed by atoms with Crippen molar-refractivity contribution in [2.24, 2.45) is 11.7 Å². The predicted octanol–water partition coefficient (Wildman–Crippen LogP) is 0.520. The number of rotatable bonds is 6. The third-order valence-electron chi connectivity index (χ3n) is 2.61. The third kappa shape index (κ3) is 3.77. The Hall–Kier alpha value is -2.44. The summed E-state index contributed by atoms with van der Waals surface area (Å²) in [4.78, 5) is 10.8. The lowest BCUT2D eigenvalue weighted by Gasteiger charge is -2.12. The Bertz CT molecular complexity index is 522. The molecule has 2 heterocycles. The largest absolute Gasteiger partial charge is 0.368 e. The average molecular weight is 260 g/mol. The summed E-state index contributed by atoms with van der Waals surface area (Å²) in [6, 6.07) is 5.14. The Morgan fingerprint density at radius 2 is 2.32 bits per heavy atom. The first kappa shape index (κ1) is 13.0. The van der Waals surface area contributed by atoms with Gasteiger partial charge in [0.2, 0.25) is 0 Å². The van der Waals surface area contributed by atoms with Gasteiger partial charge in [0.25, 0.3) is 5.91 Å². The van der Waals surface area contributed by atoms with Gasteiger partial charge in [-0.3, -0.25) is 9.48 Å². The summed E-state index contributed by atoms with van der Waals surface area (Å²) >= 11 is 0. The molecule has 2 aromatic heterocycles. The van der Waals surface area contributed by atoms with Gasteiger partial charge in [0.1, 0.15) is 5.82 Å². The zero-order chi connectivity index (χ0) is 13.7. The van der Waals surface area contributed by atoms with E-state index in [4.69, 9.17) is 5.73 Å². The summed E-state index contributed by atoms with van der Waals surface area (Å²) in [5, 5.41) is 14.9. The second-order valence-electron chi connectivity index (χ2n) is 4.38. The number of carbonyl (C=O) groups excluding carboxylic acids is 1. The van der Waals surface area contributed by atoms with Crippen molar-refractivity contribution in [3.8, 4) is 0 Å². The Morgan fingerprint density at radius 3 is 2.89 bits per heavy atom. The van der Waals surface area contributed by atoms with E-state index in [2.05, 4.69) is 27.5 Å². The molecule has 100 valence electrons. The first-order valence-electron chi connectivity index (χ1n) is 6.00. The van der Waals surface area contributed by atoms with Gasteiger partial charge in [-0.25, -0.2) is 0 Å². The van der Waals surface area contributed by atoms with E-state index in [-0.39, 0.29) is 5.69 Å². The quantitative estimate of drug-likeness (QED) is 0.789. The second kappa shape index (κ2) is 5.94. The maximum Gasteiger partial charge on any atom is 0.269 e. The molecule has 0 aromatic carbocycles. The normalized spacial score (nSPS) is 12.1. The molecule has 1 atom stereocenters. The van der Waals surface area contributed by atoms with Crippen molar-refractivity contribution in [2.75, 3.05) is 11.9 Å². The summed E-state index contributed by atoms with van der Waals surface area (Å²) in [5.41, 5.74) is 5.25. The lowest BCUT2D eigenvalue weighted by molar-refractivity contribution is 0.0994. The van der Waals surface area contributed by atoms with Crippen LogP contribution in [0.1, 0.15) is 17.4 Å². The van der Waals surface area contributed by atoms with Crippen LogP contribution in [0, 0.1) is 5.92 Å². The number of nitrogens with zero attached hydrogens (tertiary/aromatic N) is 4. The van der Waals surface area contributed by atoms with Gasteiger partial charge in [0.15, 0.2) is 5.69 Å². The summed E-state index contributed by atoms with van der Waals surface area (Å²) < 4.78 is 1.88. The Morgan fingerprint density at radius 1 is 1.47 bits per heavy atom. The standard InChI is InChI=1S/C12H16N6O/c1-9(8-18-6-2-5-15-18)7-14-11-4-3-10(12(13)19)16-17-11/h2-6,9H,7-8H2,1H3,(H2,13,19)(H,14,17)/t9-/m1/s1. The molecule has 0 spiro atoms. The molecule has 0 saturated carbocycles. The van der Waals surface area contributed by atoms with E-state index in [0.29, 0.717) is 11.7 Å².